The van der Waals surface area contributed by atoms with E-state index in [0.29, 0.717) is 0 Å². The number of rotatable bonds is 3. The van der Waals surface area contributed by atoms with Gasteiger partial charge in [-0.25, -0.2) is 0 Å². The molecule has 0 aromatic heterocycles. The molecule has 1 saturated carbocycles. The highest BCUT2D eigenvalue weighted by Crippen LogP contribution is 2.22. The van der Waals surface area contributed by atoms with Crippen LogP contribution in [0.3, 0.4) is 0 Å². The summed E-state index contributed by atoms with van der Waals surface area (Å²) in [6, 6.07) is 1.58. The summed E-state index contributed by atoms with van der Waals surface area (Å²) in [4.78, 5) is 0. The van der Waals surface area contributed by atoms with Crippen molar-refractivity contribution in [2.45, 2.75) is 57.5 Å². The molecule has 3 unspecified atom stereocenters. The molecular formula is C12H24N2. The van der Waals surface area contributed by atoms with Crippen molar-refractivity contribution in [2.24, 2.45) is 5.92 Å². The predicted molar refractivity (Wildman–Crippen MR) is 60.4 cm³/mol. The Morgan fingerprint density at radius 1 is 1.14 bits per heavy atom. The smallest absolute Gasteiger partial charge is 0.0204 e. The molecule has 82 valence electrons. The van der Waals surface area contributed by atoms with Crippen LogP contribution >= 0.6 is 0 Å². The summed E-state index contributed by atoms with van der Waals surface area (Å²) < 4.78 is 0. The van der Waals surface area contributed by atoms with Gasteiger partial charge in [0.05, 0.1) is 0 Å². The lowest BCUT2D eigenvalue weighted by Crippen LogP contribution is -2.50. The summed E-state index contributed by atoms with van der Waals surface area (Å²) in [5.41, 5.74) is 0. The molecular weight excluding hydrogens is 172 g/mol. The first-order valence-electron chi connectivity index (χ1n) is 6.31. The molecule has 0 bridgehead atoms. The molecule has 14 heavy (non-hydrogen) atoms. The van der Waals surface area contributed by atoms with Crippen LogP contribution in [-0.2, 0) is 0 Å². The molecule has 1 saturated heterocycles. The fraction of sp³-hybridized carbons (Fsp3) is 1.00. The average molecular weight is 196 g/mol. The van der Waals surface area contributed by atoms with Gasteiger partial charge in [-0.2, -0.15) is 0 Å². The molecule has 0 aromatic carbocycles. The quantitative estimate of drug-likeness (QED) is 0.674. The van der Waals surface area contributed by atoms with Crippen molar-refractivity contribution < 1.29 is 0 Å². The van der Waals surface area contributed by atoms with Crippen LogP contribution in [0, 0.1) is 5.92 Å². The van der Waals surface area contributed by atoms with Gasteiger partial charge in [0.25, 0.3) is 0 Å². The molecule has 2 heteroatoms. The van der Waals surface area contributed by atoms with Crippen molar-refractivity contribution in [1.29, 1.82) is 0 Å². The lowest BCUT2D eigenvalue weighted by Gasteiger charge is -2.29. The first-order chi connectivity index (χ1) is 6.84. The van der Waals surface area contributed by atoms with Gasteiger partial charge in [0.15, 0.2) is 0 Å². The predicted octanol–water partition coefficient (Wildman–Crippen LogP) is 1.91. The third-order valence-electron chi connectivity index (χ3n) is 3.84. The fourth-order valence-electron chi connectivity index (χ4n) is 2.52. The maximum Gasteiger partial charge on any atom is 0.0204 e. The highest BCUT2D eigenvalue weighted by molar-refractivity contribution is 4.82. The van der Waals surface area contributed by atoms with Gasteiger partial charge < -0.3 is 10.6 Å². The van der Waals surface area contributed by atoms with Crippen molar-refractivity contribution in [3.05, 3.63) is 0 Å². The summed E-state index contributed by atoms with van der Waals surface area (Å²) in [7, 11) is 0. The maximum atomic E-state index is 3.72. The van der Waals surface area contributed by atoms with Crippen LogP contribution in [0.15, 0.2) is 0 Å². The Bertz CT molecular complexity index is 166. The molecule has 2 rings (SSSR count). The van der Waals surface area contributed by atoms with Gasteiger partial charge >= 0.3 is 0 Å². The minimum Gasteiger partial charge on any atom is -0.313 e. The molecule has 3 atom stereocenters. The Morgan fingerprint density at radius 2 is 2.00 bits per heavy atom. The molecule has 1 aliphatic heterocycles. The van der Waals surface area contributed by atoms with Gasteiger partial charge in [0.1, 0.15) is 0 Å². The summed E-state index contributed by atoms with van der Waals surface area (Å²) in [6.45, 7) is 4.82. The van der Waals surface area contributed by atoms with Crippen LogP contribution < -0.4 is 10.6 Å². The zero-order chi connectivity index (χ0) is 9.80. The second-order valence-electron chi connectivity index (χ2n) is 5.16. The largest absolute Gasteiger partial charge is 0.313 e. The van der Waals surface area contributed by atoms with E-state index in [0.717, 1.165) is 18.0 Å². The number of hydrogen-bond acceptors (Lipinski definition) is 2. The third-order valence-corrected chi connectivity index (χ3v) is 3.84. The molecule has 2 N–H and O–H groups in total. The molecule has 0 amide bonds. The molecule has 2 aliphatic rings. The van der Waals surface area contributed by atoms with Gasteiger partial charge in [-0.05, 0) is 38.1 Å². The Kier molecular flexibility index (Phi) is 3.82. The van der Waals surface area contributed by atoms with Crippen molar-refractivity contribution in [2.75, 3.05) is 13.1 Å². The van der Waals surface area contributed by atoms with Crippen LogP contribution in [0.5, 0.6) is 0 Å². The maximum absolute atomic E-state index is 3.72. The van der Waals surface area contributed by atoms with E-state index < -0.39 is 0 Å². The van der Waals surface area contributed by atoms with E-state index in [1.165, 1.54) is 51.6 Å². The Balaban J connectivity index is 1.63. The molecule has 0 spiro atoms. The summed E-state index contributed by atoms with van der Waals surface area (Å²) >= 11 is 0. The van der Waals surface area contributed by atoms with Gasteiger partial charge in [0.2, 0.25) is 0 Å². The molecule has 2 fully saturated rings. The minimum atomic E-state index is 0.774. The Hall–Kier alpha value is -0.0800. The van der Waals surface area contributed by atoms with Gasteiger partial charge in [-0.15, -0.1) is 0 Å². The third kappa shape index (κ3) is 2.96. The first kappa shape index (κ1) is 10.4. The van der Waals surface area contributed by atoms with Crippen molar-refractivity contribution in [3.8, 4) is 0 Å². The van der Waals surface area contributed by atoms with Crippen molar-refractivity contribution in [3.63, 3.8) is 0 Å². The van der Waals surface area contributed by atoms with Gasteiger partial charge in [0, 0.05) is 18.6 Å². The fourth-order valence-corrected chi connectivity index (χ4v) is 2.52. The van der Waals surface area contributed by atoms with E-state index in [2.05, 4.69) is 17.6 Å². The minimum absolute atomic E-state index is 0.774. The monoisotopic (exact) mass is 196 g/mol. The Morgan fingerprint density at radius 3 is 2.71 bits per heavy atom. The van der Waals surface area contributed by atoms with E-state index in [9.17, 15) is 0 Å². The van der Waals surface area contributed by atoms with Crippen LogP contribution in [0.25, 0.3) is 0 Å². The van der Waals surface area contributed by atoms with Crippen molar-refractivity contribution >= 4 is 0 Å². The van der Waals surface area contributed by atoms with Crippen LogP contribution in [0.4, 0.5) is 0 Å². The number of hydrogen-bond donors (Lipinski definition) is 2. The van der Waals surface area contributed by atoms with Crippen molar-refractivity contribution in [1.82, 2.24) is 10.6 Å². The van der Waals surface area contributed by atoms with Crippen LogP contribution in [0.1, 0.15) is 45.4 Å². The summed E-state index contributed by atoms with van der Waals surface area (Å²) in [6.07, 6.45) is 8.47. The molecule has 0 radical (unpaired) electrons. The van der Waals surface area contributed by atoms with E-state index in [4.69, 9.17) is 0 Å². The lowest BCUT2D eigenvalue weighted by molar-refractivity contribution is 0.327. The average Bonchev–Trinajstić information content (AvgIpc) is 2.28. The van der Waals surface area contributed by atoms with Gasteiger partial charge in [-0.3, -0.25) is 0 Å². The molecule has 2 nitrogen and oxygen atoms in total. The highest BCUT2D eigenvalue weighted by Gasteiger charge is 2.19. The SMILES string of the molecule is CC1CCCC(NCC2CCN2)CC1. The van der Waals surface area contributed by atoms with Crippen LogP contribution in [-0.4, -0.2) is 25.2 Å². The second kappa shape index (κ2) is 5.13. The Labute approximate surface area is 87.8 Å². The summed E-state index contributed by atoms with van der Waals surface area (Å²) in [5.74, 6) is 0.962. The van der Waals surface area contributed by atoms with Gasteiger partial charge in [-0.1, -0.05) is 19.8 Å². The zero-order valence-corrected chi connectivity index (χ0v) is 9.39. The first-order valence-corrected chi connectivity index (χ1v) is 6.31. The van der Waals surface area contributed by atoms with E-state index in [1.807, 2.05) is 0 Å². The second-order valence-corrected chi connectivity index (χ2v) is 5.16. The van der Waals surface area contributed by atoms with E-state index >= 15 is 0 Å². The number of nitrogens with one attached hydrogen (secondary N) is 2. The lowest BCUT2D eigenvalue weighted by atomic mass is 10.0. The molecule has 1 aliphatic carbocycles. The topological polar surface area (TPSA) is 24.1 Å². The molecule has 0 aromatic rings. The zero-order valence-electron chi connectivity index (χ0n) is 9.39. The normalized spacial score (nSPS) is 38.8. The molecule has 1 heterocycles. The highest BCUT2D eigenvalue weighted by atomic mass is 15.0. The van der Waals surface area contributed by atoms with Crippen LogP contribution in [0.2, 0.25) is 0 Å². The van der Waals surface area contributed by atoms with E-state index in [1.54, 1.807) is 0 Å². The summed E-state index contributed by atoms with van der Waals surface area (Å²) in [5, 5.41) is 7.17. The standard InChI is InChI=1S/C12H24N2/c1-10-3-2-4-11(6-5-10)14-9-12-7-8-13-12/h10-14H,2-9H2,1H3. The van der Waals surface area contributed by atoms with E-state index in [-0.39, 0.29) is 0 Å².